The Morgan fingerprint density at radius 3 is 2.82 bits per heavy atom. The Hall–Kier alpha value is -2.03. The van der Waals surface area contributed by atoms with E-state index >= 15 is 0 Å². The van der Waals surface area contributed by atoms with Gasteiger partial charge in [-0.2, -0.15) is 0 Å². The van der Waals surface area contributed by atoms with Crippen molar-refractivity contribution in [2.45, 2.75) is 13.3 Å². The van der Waals surface area contributed by atoms with E-state index in [-0.39, 0.29) is 0 Å². The Morgan fingerprint density at radius 1 is 1.24 bits per heavy atom. The van der Waals surface area contributed by atoms with Crippen LogP contribution in [0.3, 0.4) is 0 Å². The largest absolute Gasteiger partial charge is 0.396 e. The van der Waals surface area contributed by atoms with Crippen LogP contribution in [0.25, 0.3) is 0 Å². The molecule has 0 aliphatic heterocycles. The summed E-state index contributed by atoms with van der Waals surface area (Å²) < 4.78 is 0. The van der Waals surface area contributed by atoms with Crippen LogP contribution in [-0.2, 0) is 6.42 Å². The van der Waals surface area contributed by atoms with Gasteiger partial charge in [0.2, 0.25) is 0 Å². The SMILES string of the molecule is Cc1ccccc1CCNc1ccncc1N. The molecule has 1 heterocycles. The molecule has 0 saturated heterocycles. The van der Waals surface area contributed by atoms with Crippen molar-refractivity contribution in [1.82, 2.24) is 4.98 Å². The Bertz CT molecular complexity index is 449. The molecule has 88 valence electrons. The minimum absolute atomic E-state index is 0.692. The first kappa shape index (κ1) is 11.5. The van der Waals surface area contributed by atoms with Gasteiger partial charge >= 0.3 is 0 Å². The number of nitrogens with zero attached hydrogens (tertiary/aromatic N) is 1. The Labute approximate surface area is 102 Å². The van der Waals surface area contributed by atoms with E-state index in [9.17, 15) is 0 Å². The summed E-state index contributed by atoms with van der Waals surface area (Å²) in [6.45, 7) is 3.01. The van der Waals surface area contributed by atoms with E-state index < -0.39 is 0 Å². The lowest BCUT2D eigenvalue weighted by Crippen LogP contribution is -2.07. The van der Waals surface area contributed by atoms with E-state index in [1.807, 2.05) is 6.07 Å². The van der Waals surface area contributed by atoms with E-state index in [0.29, 0.717) is 5.69 Å². The van der Waals surface area contributed by atoms with Crippen LogP contribution in [0.5, 0.6) is 0 Å². The minimum Gasteiger partial charge on any atom is -0.396 e. The third-order valence-electron chi connectivity index (χ3n) is 2.82. The molecule has 1 aromatic heterocycles. The highest BCUT2D eigenvalue weighted by atomic mass is 14.9. The summed E-state index contributed by atoms with van der Waals surface area (Å²) in [5.41, 5.74) is 10.1. The van der Waals surface area contributed by atoms with Gasteiger partial charge in [0.1, 0.15) is 0 Å². The predicted molar refractivity (Wildman–Crippen MR) is 72.0 cm³/mol. The topological polar surface area (TPSA) is 50.9 Å². The fourth-order valence-electron chi connectivity index (χ4n) is 1.79. The second-order valence-electron chi connectivity index (χ2n) is 4.07. The van der Waals surface area contributed by atoms with Crippen molar-refractivity contribution in [2.75, 3.05) is 17.6 Å². The molecular formula is C14H17N3. The quantitative estimate of drug-likeness (QED) is 0.844. The number of aryl methyl sites for hydroxylation is 1. The van der Waals surface area contributed by atoms with E-state index in [2.05, 4.69) is 41.5 Å². The number of anilines is 2. The van der Waals surface area contributed by atoms with Gasteiger partial charge in [0.05, 0.1) is 17.6 Å². The molecule has 0 aliphatic rings. The van der Waals surface area contributed by atoms with Crippen LogP contribution in [0, 0.1) is 6.92 Å². The van der Waals surface area contributed by atoms with Gasteiger partial charge in [0.25, 0.3) is 0 Å². The number of hydrogen-bond donors (Lipinski definition) is 2. The molecule has 3 heteroatoms. The van der Waals surface area contributed by atoms with Crippen molar-refractivity contribution in [2.24, 2.45) is 0 Å². The van der Waals surface area contributed by atoms with Crippen molar-refractivity contribution in [3.8, 4) is 0 Å². The molecule has 17 heavy (non-hydrogen) atoms. The number of pyridine rings is 1. The minimum atomic E-state index is 0.692. The average Bonchev–Trinajstić information content (AvgIpc) is 2.34. The summed E-state index contributed by atoms with van der Waals surface area (Å²) in [6.07, 6.45) is 4.40. The number of aromatic nitrogens is 1. The molecule has 2 aromatic rings. The van der Waals surface area contributed by atoms with Crippen LogP contribution >= 0.6 is 0 Å². The number of benzene rings is 1. The van der Waals surface area contributed by atoms with Crippen molar-refractivity contribution >= 4 is 11.4 Å². The molecule has 0 saturated carbocycles. The van der Waals surface area contributed by atoms with E-state index in [1.165, 1.54) is 11.1 Å². The number of hydrogen-bond acceptors (Lipinski definition) is 3. The van der Waals surface area contributed by atoms with E-state index in [4.69, 9.17) is 5.73 Å². The molecule has 2 rings (SSSR count). The van der Waals surface area contributed by atoms with Crippen LogP contribution in [0.4, 0.5) is 11.4 Å². The van der Waals surface area contributed by atoms with Crippen molar-refractivity contribution in [3.05, 3.63) is 53.9 Å². The summed E-state index contributed by atoms with van der Waals surface area (Å²) in [4.78, 5) is 3.96. The summed E-state index contributed by atoms with van der Waals surface area (Å²) in [5, 5.41) is 3.32. The zero-order chi connectivity index (χ0) is 12.1. The maximum absolute atomic E-state index is 5.80. The summed E-state index contributed by atoms with van der Waals surface area (Å²) >= 11 is 0. The molecule has 3 N–H and O–H groups in total. The summed E-state index contributed by atoms with van der Waals surface area (Å²) in [7, 11) is 0. The second kappa shape index (κ2) is 5.34. The highest BCUT2D eigenvalue weighted by Crippen LogP contribution is 2.15. The lowest BCUT2D eigenvalue weighted by Gasteiger charge is -2.09. The van der Waals surface area contributed by atoms with Gasteiger partial charge in [-0.15, -0.1) is 0 Å². The standard InChI is InChI=1S/C14H17N3/c1-11-4-2-3-5-12(11)6-9-17-14-7-8-16-10-13(14)15/h2-5,7-8,10H,6,9,15H2,1H3,(H,16,17). The monoisotopic (exact) mass is 227 g/mol. The van der Waals surface area contributed by atoms with Gasteiger partial charge in [-0.1, -0.05) is 24.3 Å². The third kappa shape index (κ3) is 2.97. The third-order valence-corrected chi connectivity index (χ3v) is 2.82. The van der Waals surface area contributed by atoms with Crippen LogP contribution in [0.1, 0.15) is 11.1 Å². The molecule has 1 aromatic carbocycles. The number of nitrogens with two attached hydrogens (primary N) is 1. The molecule has 0 unspecified atom stereocenters. The summed E-state index contributed by atoms with van der Waals surface area (Å²) in [6, 6.07) is 10.3. The van der Waals surface area contributed by atoms with Crippen molar-refractivity contribution in [1.29, 1.82) is 0 Å². The zero-order valence-corrected chi connectivity index (χ0v) is 9.98. The molecule has 0 atom stereocenters. The average molecular weight is 227 g/mol. The van der Waals surface area contributed by atoms with Crippen LogP contribution in [0.15, 0.2) is 42.7 Å². The predicted octanol–water partition coefficient (Wildman–Crippen LogP) is 2.63. The highest BCUT2D eigenvalue weighted by Gasteiger charge is 1.99. The Kier molecular flexibility index (Phi) is 3.60. The number of nitrogen functional groups attached to an aromatic ring is 1. The molecule has 0 amide bonds. The van der Waals surface area contributed by atoms with Gasteiger partial charge in [-0.05, 0) is 30.5 Å². The molecule has 3 nitrogen and oxygen atoms in total. The van der Waals surface area contributed by atoms with Crippen LogP contribution in [-0.4, -0.2) is 11.5 Å². The first-order valence-corrected chi connectivity index (χ1v) is 5.75. The lowest BCUT2D eigenvalue weighted by molar-refractivity contribution is 1.00. The van der Waals surface area contributed by atoms with Gasteiger partial charge in [-0.25, -0.2) is 0 Å². The molecule has 0 aliphatic carbocycles. The van der Waals surface area contributed by atoms with Gasteiger partial charge < -0.3 is 11.1 Å². The first-order valence-electron chi connectivity index (χ1n) is 5.75. The summed E-state index contributed by atoms with van der Waals surface area (Å²) in [5.74, 6) is 0. The smallest absolute Gasteiger partial charge is 0.0736 e. The van der Waals surface area contributed by atoms with Crippen molar-refractivity contribution in [3.63, 3.8) is 0 Å². The van der Waals surface area contributed by atoms with Gasteiger partial charge in [0.15, 0.2) is 0 Å². The molecule has 0 bridgehead atoms. The first-order chi connectivity index (χ1) is 8.27. The van der Waals surface area contributed by atoms with Crippen LogP contribution < -0.4 is 11.1 Å². The normalized spacial score (nSPS) is 10.2. The Morgan fingerprint density at radius 2 is 2.06 bits per heavy atom. The fraction of sp³-hybridized carbons (Fsp3) is 0.214. The molecule has 0 radical (unpaired) electrons. The van der Waals surface area contributed by atoms with Crippen molar-refractivity contribution < 1.29 is 0 Å². The second-order valence-corrected chi connectivity index (χ2v) is 4.07. The molecule has 0 spiro atoms. The maximum atomic E-state index is 5.80. The number of rotatable bonds is 4. The zero-order valence-electron chi connectivity index (χ0n) is 9.98. The molecule has 0 fully saturated rings. The van der Waals surface area contributed by atoms with Gasteiger partial charge in [-0.3, -0.25) is 4.98 Å². The highest BCUT2D eigenvalue weighted by molar-refractivity contribution is 5.64. The number of nitrogens with one attached hydrogen (secondary N) is 1. The lowest BCUT2D eigenvalue weighted by atomic mass is 10.1. The maximum Gasteiger partial charge on any atom is 0.0736 e. The van der Waals surface area contributed by atoms with E-state index in [1.54, 1.807) is 12.4 Å². The van der Waals surface area contributed by atoms with Crippen LogP contribution in [0.2, 0.25) is 0 Å². The van der Waals surface area contributed by atoms with E-state index in [0.717, 1.165) is 18.7 Å². The Balaban J connectivity index is 1.93. The van der Waals surface area contributed by atoms with Gasteiger partial charge in [0, 0.05) is 12.7 Å². The molecular weight excluding hydrogens is 210 g/mol. The fourth-order valence-corrected chi connectivity index (χ4v) is 1.79.